The Hall–Kier alpha value is -2.42. The van der Waals surface area contributed by atoms with Crippen molar-refractivity contribution in [2.24, 2.45) is 0 Å². The molecular formula is C15H21N7OS. The number of carbonyl (C=O) groups is 1. The first-order valence-corrected chi connectivity index (χ1v) is 8.86. The van der Waals surface area contributed by atoms with E-state index >= 15 is 0 Å². The van der Waals surface area contributed by atoms with Crippen LogP contribution in [0.1, 0.15) is 41.5 Å². The van der Waals surface area contributed by atoms with Gasteiger partial charge in [-0.2, -0.15) is 4.98 Å². The van der Waals surface area contributed by atoms with Gasteiger partial charge < -0.3 is 21.7 Å². The van der Waals surface area contributed by atoms with E-state index in [1.165, 1.54) is 11.3 Å². The van der Waals surface area contributed by atoms with E-state index in [0.717, 1.165) is 36.5 Å². The molecule has 3 rings (SSSR count). The van der Waals surface area contributed by atoms with Crippen LogP contribution in [0.25, 0.3) is 0 Å². The second kappa shape index (κ2) is 7.00. The average molecular weight is 347 g/mol. The molecule has 0 atom stereocenters. The largest absolute Gasteiger partial charge is 0.375 e. The van der Waals surface area contributed by atoms with E-state index in [2.05, 4.69) is 27.2 Å². The molecule has 1 amide bonds. The van der Waals surface area contributed by atoms with Gasteiger partial charge in [-0.3, -0.25) is 4.79 Å². The van der Waals surface area contributed by atoms with Crippen LogP contribution < -0.4 is 16.8 Å². The Morgan fingerprint density at radius 1 is 1.38 bits per heavy atom. The molecule has 2 aromatic heterocycles. The zero-order valence-corrected chi connectivity index (χ0v) is 14.4. The summed E-state index contributed by atoms with van der Waals surface area (Å²) >= 11 is 1.27. The molecule has 0 unspecified atom stereocenters. The van der Waals surface area contributed by atoms with Gasteiger partial charge in [0.05, 0.1) is 12.2 Å². The summed E-state index contributed by atoms with van der Waals surface area (Å²) in [6.07, 6.45) is 2.78. The van der Waals surface area contributed by atoms with E-state index in [-0.39, 0.29) is 11.9 Å². The van der Waals surface area contributed by atoms with E-state index in [9.17, 15) is 4.79 Å². The van der Waals surface area contributed by atoms with Crippen molar-refractivity contribution in [3.05, 3.63) is 22.3 Å². The second-order valence-corrected chi connectivity index (χ2v) is 6.57. The summed E-state index contributed by atoms with van der Waals surface area (Å²) in [6.45, 7) is 3.97. The van der Waals surface area contributed by atoms with Crippen molar-refractivity contribution >= 4 is 34.1 Å². The Morgan fingerprint density at radius 3 is 2.92 bits per heavy atom. The number of unbranched alkanes of at least 4 members (excludes halogenated alkanes) is 1. The van der Waals surface area contributed by atoms with Crippen molar-refractivity contribution in [1.29, 1.82) is 0 Å². The molecule has 1 aliphatic rings. The third-order valence-corrected chi connectivity index (χ3v) is 4.60. The van der Waals surface area contributed by atoms with E-state index in [4.69, 9.17) is 11.5 Å². The number of nitrogens with two attached hydrogens (primary N) is 2. The summed E-state index contributed by atoms with van der Waals surface area (Å²) in [5, 5.41) is 5.40. The minimum absolute atomic E-state index is 0.120. The predicted octanol–water partition coefficient (Wildman–Crippen LogP) is 1.51. The summed E-state index contributed by atoms with van der Waals surface area (Å²) in [7, 11) is 0. The van der Waals surface area contributed by atoms with Gasteiger partial charge in [-0.1, -0.05) is 13.3 Å². The summed E-state index contributed by atoms with van der Waals surface area (Å²) in [5.74, 6) is 0.867. The number of nitrogen functional groups attached to an aromatic ring is 2. The highest BCUT2D eigenvalue weighted by Gasteiger charge is 2.27. The van der Waals surface area contributed by atoms with Crippen LogP contribution >= 0.6 is 11.3 Å². The molecule has 1 aliphatic heterocycles. The lowest BCUT2D eigenvalue weighted by Crippen LogP contribution is -2.37. The summed E-state index contributed by atoms with van der Waals surface area (Å²) in [6, 6.07) is 0. The van der Waals surface area contributed by atoms with Gasteiger partial charge in [-0.05, 0) is 6.42 Å². The Morgan fingerprint density at radius 2 is 2.21 bits per heavy atom. The van der Waals surface area contributed by atoms with Gasteiger partial charge in [0, 0.05) is 30.5 Å². The molecule has 8 nitrogen and oxygen atoms in total. The maximum absolute atomic E-state index is 12.6. The number of rotatable bonds is 5. The van der Waals surface area contributed by atoms with Crippen molar-refractivity contribution in [3.8, 4) is 0 Å². The number of thiazole rings is 1. The minimum Gasteiger partial charge on any atom is -0.375 e. The number of hydrogen-bond acceptors (Lipinski definition) is 8. The van der Waals surface area contributed by atoms with Crippen LogP contribution in [0.4, 0.5) is 16.9 Å². The topological polar surface area (TPSA) is 123 Å². The molecule has 0 bridgehead atoms. The standard InChI is InChI=1S/C15H21N7OS/c1-2-3-5-18-12-9-7-22(6-4-10(9)19-14(16)21-12)13(23)11-8-24-15(17)20-11/h8H,2-7H2,1H3,(H2,17,20)(H3,16,18,19,21). The number of anilines is 3. The van der Waals surface area contributed by atoms with Gasteiger partial charge >= 0.3 is 0 Å². The van der Waals surface area contributed by atoms with Crippen LogP contribution in [0.2, 0.25) is 0 Å². The molecule has 3 heterocycles. The van der Waals surface area contributed by atoms with Crippen LogP contribution in [-0.4, -0.2) is 38.8 Å². The molecule has 0 saturated heterocycles. The van der Waals surface area contributed by atoms with Crippen LogP contribution in [-0.2, 0) is 13.0 Å². The molecule has 5 N–H and O–H groups in total. The second-order valence-electron chi connectivity index (χ2n) is 5.68. The summed E-state index contributed by atoms with van der Waals surface area (Å²) < 4.78 is 0. The fourth-order valence-corrected chi connectivity index (χ4v) is 3.22. The van der Waals surface area contributed by atoms with Crippen LogP contribution in [0.5, 0.6) is 0 Å². The average Bonchev–Trinajstić information content (AvgIpc) is 3.00. The highest BCUT2D eigenvalue weighted by Crippen LogP contribution is 2.26. The molecule has 2 aromatic rings. The SMILES string of the molecule is CCCCNc1nc(N)nc2c1CN(C(=O)c1csc(N)n1)CC2. The van der Waals surface area contributed by atoms with Crippen molar-refractivity contribution in [2.45, 2.75) is 32.7 Å². The van der Waals surface area contributed by atoms with Gasteiger partial charge in [0.15, 0.2) is 5.13 Å². The van der Waals surface area contributed by atoms with Crippen molar-refractivity contribution in [1.82, 2.24) is 19.9 Å². The van der Waals surface area contributed by atoms with Crippen molar-refractivity contribution in [3.63, 3.8) is 0 Å². The maximum atomic E-state index is 12.6. The third-order valence-electron chi connectivity index (χ3n) is 3.93. The maximum Gasteiger partial charge on any atom is 0.273 e. The van der Waals surface area contributed by atoms with Gasteiger partial charge in [0.1, 0.15) is 11.5 Å². The lowest BCUT2D eigenvalue weighted by molar-refractivity contribution is 0.0729. The zero-order chi connectivity index (χ0) is 17.1. The smallest absolute Gasteiger partial charge is 0.273 e. The molecular weight excluding hydrogens is 326 g/mol. The van der Waals surface area contributed by atoms with E-state index in [1.54, 1.807) is 10.3 Å². The minimum atomic E-state index is -0.120. The van der Waals surface area contributed by atoms with Gasteiger partial charge in [0.25, 0.3) is 5.91 Å². The predicted molar refractivity (Wildman–Crippen MR) is 94.8 cm³/mol. The van der Waals surface area contributed by atoms with Crippen LogP contribution in [0, 0.1) is 0 Å². The molecule has 0 aliphatic carbocycles. The lowest BCUT2D eigenvalue weighted by atomic mass is 10.1. The van der Waals surface area contributed by atoms with Crippen molar-refractivity contribution in [2.75, 3.05) is 29.9 Å². The number of fused-ring (bicyclic) bond motifs is 1. The van der Waals surface area contributed by atoms with Gasteiger partial charge in [-0.15, -0.1) is 11.3 Å². The molecule has 9 heteroatoms. The Balaban J connectivity index is 1.82. The summed E-state index contributed by atoms with van der Waals surface area (Å²) in [4.78, 5) is 27.1. The van der Waals surface area contributed by atoms with E-state index in [0.29, 0.717) is 30.3 Å². The molecule has 128 valence electrons. The lowest BCUT2D eigenvalue weighted by Gasteiger charge is -2.29. The normalized spacial score (nSPS) is 13.6. The molecule has 0 spiro atoms. The Kier molecular flexibility index (Phi) is 4.79. The first kappa shape index (κ1) is 16.4. The first-order valence-electron chi connectivity index (χ1n) is 7.98. The fourth-order valence-electron chi connectivity index (χ4n) is 2.68. The number of hydrogen-bond donors (Lipinski definition) is 3. The van der Waals surface area contributed by atoms with Crippen molar-refractivity contribution < 1.29 is 4.79 Å². The number of nitrogens with zero attached hydrogens (tertiary/aromatic N) is 4. The highest BCUT2D eigenvalue weighted by atomic mass is 32.1. The number of amides is 1. The monoisotopic (exact) mass is 347 g/mol. The fraction of sp³-hybridized carbons (Fsp3) is 0.467. The molecule has 0 aromatic carbocycles. The molecule has 0 radical (unpaired) electrons. The number of aromatic nitrogens is 3. The Bertz CT molecular complexity index is 745. The zero-order valence-electron chi connectivity index (χ0n) is 13.6. The molecule has 24 heavy (non-hydrogen) atoms. The van der Waals surface area contributed by atoms with Crippen LogP contribution in [0.3, 0.4) is 0 Å². The van der Waals surface area contributed by atoms with Crippen LogP contribution in [0.15, 0.2) is 5.38 Å². The quantitative estimate of drug-likeness (QED) is 0.700. The van der Waals surface area contributed by atoms with Gasteiger partial charge in [0.2, 0.25) is 5.95 Å². The number of nitrogens with one attached hydrogen (secondary N) is 1. The highest BCUT2D eigenvalue weighted by molar-refractivity contribution is 7.13. The molecule has 0 fully saturated rings. The Labute approximate surface area is 144 Å². The number of carbonyl (C=O) groups excluding carboxylic acids is 1. The van der Waals surface area contributed by atoms with Gasteiger partial charge in [-0.25, -0.2) is 9.97 Å². The molecule has 0 saturated carbocycles. The van der Waals surface area contributed by atoms with E-state index in [1.807, 2.05) is 0 Å². The third kappa shape index (κ3) is 3.40. The summed E-state index contributed by atoms with van der Waals surface area (Å²) in [5.41, 5.74) is 13.7. The van der Waals surface area contributed by atoms with E-state index < -0.39 is 0 Å². The first-order chi connectivity index (χ1) is 11.6.